The molecule has 0 aliphatic carbocycles. The van der Waals surface area contributed by atoms with Gasteiger partial charge in [0.15, 0.2) is 0 Å². The summed E-state index contributed by atoms with van der Waals surface area (Å²) in [5.41, 5.74) is 3.27. The highest BCUT2D eigenvalue weighted by Gasteiger charge is 2.31. The van der Waals surface area contributed by atoms with Gasteiger partial charge in [-0.3, -0.25) is 19.2 Å². The topological polar surface area (TPSA) is 145 Å². The van der Waals surface area contributed by atoms with Gasteiger partial charge in [-0.2, -0.15) is 0 Å². The molecule has 0 fully saturated rings. The fourth-order valence-corrected chi connectivity index (χ4v) is 6.09. The molecule has 1 aromatic heterocycles. The van der Waals surface area contributed by atoms with Crippen molar-refractivity contribution < 1.29 is 28.7 Å². The van der Waals surface area contributed by atoms with Crippen LogP contribution in [-0.4, -0.2) is 77.5 Å². The largest absolute Gasteiger partial charge is 0.463 e. The van der Waals surface area contributed by atoms with E-state index in [1.54, 1.807) is 11.9 Å². The molecule has 0 bridgehead atoms. The van der Waals surface area contributed by atoms with E-state index in [9.17, 15) is 19.2 Å². The lowest BCUT2D eigenvalue weighted by Crippen LogP contribution is -2.36. The van der Waals surface area contributed by atoms with Crippen LogP contribution in [0.5, 0.6) is 0 Å². The van der Waals surface area contributed by atoms with E-state index in [-0.39, 0.29) is 56.1 Å². The normalized spacial score (nSPS) is 12.8. The molecule has 1 aliphatic heterocycles. The number of para-hydroxylation sites is 1. The predicted molar refractivity (Wildman–Crippen MR) is 192 cm³/mol. The Morgan fingerprint density at radius 3 is 2.32 bits per heavy atom. The van der Waals surface area contributed by atoms with E-state index in [0.29, 0.717) is 55.2 Å². The average Bonchev–Trinajstić information content (AvgIpc) is 3.47. The van der Waals surface area contributed by atoms with Crippen LogP contribution in [0.1, 0.15) is 72.8 Å². The molecule has 0 spiro atoms. The zero-order valence-electron chi connectivity index (χ0n) is 30.5. The first-order valence-corrected chi connectivity index (χ1v) is 17.4. The average molecular weight is 689 g/mol. The third kappa shape index (κ3) is 9.85. The van der Waals surface area contributed by atoms with Gasteiger partial charge in [0.05, 0.1) is 23.5 Å². The van der Waals surface area contributed by atoms with Crippen LogP contribution in [0, 0.1) is 11.3 Å². The molecular formula is C38H52N6O6. The molecule has 2 N–H and O–H groups in total. The monoisotopic (exact) mass is 688 g/mol. The molecule has 2 aromatic carbocycles. The number of carbonyl (C=O) groups is 4. The molecule has 0 atom stereocenters. The summed E-state index contributed by atoms with van der Waals surface area (Å²) >= 11 is 0. The van der Waals surface area contributed by atoms with Crippen molar-refractivity contribution in [3.8, 4) is 22.5 Å². The maximum atomic E-state index is 13.9. The summed E-state index contributed by atoms with van der Waals surface area (Å²) in [5.74, 6) is -0.689. The Labute approximate surface area is 295 Å². The summed E-state index contributed by atoms with van der Waals surface area (Å²) in [5, 5.41) is 14.7. The Kier molecular flexibility index (Phi) is 13.0. The Balaban J connectivity index is 1.42. The minimum atomic E-state index is -0.495. The van der Waals surface area contributed by atoms with E-state index in [2.05, 4.69) is 20.9 Å². The fourth-order valence-electron chi connectivity index (χ4n) is 6.09. The van der Waals surface area contributed by atoms with E-state index in [1.807, 2.05) is 90.1 Å². The van der Waals surface area contributed by atoms with E-state index in [1.165, 1.54) is 4.68 Å². The standard InChI is InChI=1S/C38H52N6O6/c1-26(2)36(48)37(3,4)19-22-50-38(5,6)18-20-40-31(45)16-17-32(46)43-24-27-12-8-9-13-28(27)34-35(29-14-10-11-15-30(29)43)44(42-41-34)25-33(47)49-23-21-39-7/h8-15,26,39H,16-25H2,1-7H3,(H,40,45). The van der Waals surface area contributed by atoms with Crippen LogP contribution in [-0.2, 0) is 41.7 Å². The molecule has 2 heterocycles. The van der Waals surface area contributed by atoms with Crippen LogP contribution < -0.4 is 15.5 Å². The van der Waals surface area contributed by atoms with Crippen molar-refractivity contribution in [1.82, 2.24) is 25.6 Å². The molecule has 270 valence electrons. The lowest BCUT2D eigenvalue weighted by atomic mass is 9.80. The maximum absolute atomic E-state index is 13.9. The number of carbonyl (C=O) groups excluding carboxylic acids is 4. The second-order valence-corrected chi connectivity index (χ2v) is 14.3. The van der Waals surface area contributed by atoms with Crippen molar-refractivity contribution >= 4 is 29.3 Å². The van der Waals surface area contributed by atoms with Gasteiger partial charge in [0.2, 0.25) is 11.8 Å². The molecule has 0 saturated heterocycles. The molecule has 4 rings (SSSR count). The summed E-state index contributed by atoms with van der Waals surface area (Å²) in [6.07, 6.45) is 1.22. The Morgan fingerprint density at radius 2 is 1.60 bits per heavy atom. The number of nitrogens with one attached hydrogen (secondary N) is 2. The number of aromatic nitrogens is 3. The van der Waals surface area contributed by atoms with Crippen molar-refractivity contribution in [2.45, 2.75) is 85.9 Å². The molecule has 1 aliphatic rings. The summed E-state index contributed by atoms with van der Waals surface area (Å²) < 4.78 is 13.0. The van der Waals surface area contributed by atoms with Gasteiger partial charge in [-0.05, 0) is 45.4 Å². The Morgan fingerprint density at radius 1 is 0.900 bits per heavy atom. The van der Waals surface area contributed by atoms with Gasteiger partial charge in [0.25, 0.3) is 0 Å². The van der Waals surface area contributed by atoms with E-state index in [0.717, 1.165) is 11.1 Å². The van der Waals surface area contributed by atoms with Crippen LogP contribution in [0.15, 0.2) is 48.5 Å². The third-order valence-electron chi connectivity index (χ3n) is 9.01. The number of anilines is 1. The second kappa shape index (κ2) is 17.0. The van der Waals surface area contributed by atoms with Gasteiger partial charge in [-0.25, -0.2) is 4.68 Å². The summed E-state index contributed by atoms with van der Waals surface area (Å²) in [7, 11) is 1.78. The van der Waals surface area contributed by atoms with Crippen molar-refractivity contribution in [3.63, 3.8) is 0 Å². The van der Waals surface area contributed by atoms with Crippen LogP contribution in [0.4, 0.5) is 5.69 Å². The van der Waals surface area contributed by atoms with Gasteiger partial charge >= 0.3 is 5.97 Å². The number of amides is 2. The van der Waals surface area contributed by atoms with E-state index in [4.69, 9.17) is 9.47 Å². The lowest BCUT2D eigenvalue weighted by Gasteiger charge is -2.30. The molecule has 0 saturated carbocycles. The first-order valence-electron chi connectivity index (χ1n) is 17.4. The Bertz CT molecular complexity index is 1660. The smallest absolute Gasteiger partial charge is 0.327 e. The van der Waals surface area contributed by atoms with Gasteiger partial charge in [0, 0.05) is 55.0 Å². The number of ether oxygens (including phenoxy) is 2. The zero-order chi connectivity index (χ0) is 36.5. The van der Waals surface area contributed by atoms with Crippen LogP contribution in [0.25, 0.3) is 22.5 Å². The summed E-state index contributed by atoms with van der Waals surface area (Å²) in [6, 6.07) is 15.1. The minimum absolute atomic E-state index is 0.00332. The van der Waals surface area contributed by atoms with Gasteiger partial charge in [0.1, 0.15) is 24.6 Å². The van der Waals surface area contributed by atoms with Crippen LogP contribution >= 0.6 is 0 Å². The van der Waals surface area contributed by atoms with E-state index >= 15 is 0 Å². The number of hydrogen-bond donors (Lipinski definition) is 2. The van der Waals surface area contributed by atoms with E-state index < -0.39 is 17.0 Å². The first kappa shape index (κ1) is 38.4. The number of rotatable bonds is 17. The number of benzene rings is 2. The van der Waals surface area contributed by atoms with Gasteiger partial charge in [-0.1, -0.05) is 75.4 Å². The maximum Gasteiger partial charge on any atom is 0.327 e. The fraction of sp³-hybridized carbons (Fsp3) is 0.526. The molecule has 0 unspecified atom stereocenters. The number of esters is 1. The molecule has 12 nitrogen and oxygen atoms in total. The summed E-state index contributed by atoms with van der Waals surface area (Å²) in [4.78, 5) is 53.7. The molecule has 2 amide bonds. The SMILES string of the molecule is CNCCOC(=O)Cn1nnc2c1-c1ccccc1N(C(=O)CCC(=O)NCCC(C)(C)OCCC(C)(C)C(=O)C(C)C)Cc1ccccc1-2. The highest BCUT2D eigenvalue weighted by molar-refractivity contribution is 6.01. The van der Waals surface area contributed by atoms with Gasteiger partial charge in [-0.15, -0.1) is 5.10 Å². The molecule has 3 aromatic rings. The minimum Gasteiger partial charge on any atom is -0.463 e. The van der Waals surface area contributed by atoms with Crippen molar-refractivity contribution in [2.75, 3.05) is 38.3 Å². The number of nitrogens with zero attached hydrogens (tertiary/aromatic N) is 4. The molecule has 0 radical (unpaired) electrons. The van der Waals surface area contributed by atoms with Crippen LogP contribution in [0.2, 0.25) is 0 Å². The highest BCUT2D eigenvalue weighted by Crippen LogP contribution is 2.41. The quantitative estimate of drug-likeness (QED) is 0.149. The number of ketones is 1. The number of fused-ring (bicyclic) bond motifs is 5. The number of likely N-dealkylation sites (N-methyl/N-ethyl adjacent to an activating group) is 1. The van der Waals surface area contributed by atoms with Crippen molar-refractivity contribution in [1.29, 1.82) is 0 Å². The van der Waals surface area contributed by atoms with Gasteiger partial charge < -0.3 is 25.0 Å². The van der Waals surface area contributed by atoms with Crippen molar-refractivity contribution in [3.05, 3.63) is 54.1 Å². The predicted octanol–water partition coefficient (Wildman–Crippen LogP) is 4.94. The molecule has 50 heavy (non-hydrogen) atoms. The second-order valence-electron chi connectivity index (χ2n) is 14.3. The first-order chi connectivity index (χ1) is 23.7. The van der Waals surface area contributed by atoms with Crippen LogP contribution in [0.3, 0.4) is 0 Å². The lowest BCUT2D eigenvalue weighted by molar-refractivity contribution is -0.144. The molecular weight excluding hydrogens is 636 g/mol. The number of hydrogen-bond acceptors (Lipinski definition) is 9. The Hall–Kier alpha value is -4.42. The summed E-state index contributed by atoms with van der Waals surface area (Å²) in [6.45, 7) is 13.4. The van der Waals surface area contributed by atoms with Crippen molar-refractivity contribution in [2.24, 2.45) is 11.3 Å². The zero-order valence-corrected chi connectivity index (χ0v) is 30.5. The highest BCUT2D eigenvalue weighted by atomic mass is 16.5. The molecule has 12 heteroatoms. The number of Topliss-reactive ketones (excluding diaryl/α,β-unsaturated/α-hetero) is 1. The third-order valence-corrected chi connectivity index (χ3v) is 9.01.